The molecule has 0 aliphatic carbocycles. The molecule has 2 aromatic rings. The SMILES string of the molecule is CC(C)c1nc2c(c(=O)[nH]1)CN(Cc1ccccc1[N+](=O)[O-])CC2. The fraction of sp³-hybridized carbons (Fsp3) is 0.412. The molecule has 1 aromatic heterocycles. The summed E-state index contributed by atoms with van der Waals surface area (Å²) in [6.45, 7) is 5.62. The van der Waals surface area contributed by atoms with Crippen LogP contribution in [0.2, 0.25) is 0 Å². The van der Waals surface area contributed by atoms with Crippen molar-refractivity contribution in [3.8, 4) is 0 Å². The Kier molecular flexibility index (Phi) is 4.44. The third-order valence-corrected chi connectivity index (χ3v) is 4.30. The van der Waals surface area contributed by atoms with Crippen molar-refractivity contribution in [2.75, 3.05) is 6.54 Å². The van der Waals surface area contributed by atoms with Crippen LogP contribution in [0.5, 0.6) is 0 Å². The van der Waals surface area contributed by atoms with Crippen LogP contribution in [0.1, 0.15) is 42.4 Å². The van der Waals surface area contributed by atoms with Crippen LogP contribution in [0.3, 0.4) is 0 Å². The van der Waals surface area contributed by atoms with E-state index in [2.05, 4.69) is 14.9 Å². The molecule has 1 aliphatic heterocycles. The highest BCUT2D eigenvalue weighted by atomic mass is 16.6. The molecule has 0 fully saturated rings. The van der Waals surface area contributed by atoms with Crippen LogP contribution in [-0.2, 0) is 19.5 Å². The van der Waals surface area contributed by atoms with E-state index in [1.54, 1.807) is 18.2 Å². The Morgan fingerprint density at radius 3 is 2.83 bits per heavy atom. The molecule has 1 aliphatic rings. The van der Waals surface area contributed by atoms with Crippen molar-refractivity contribution in [2.24, 2.45) is 0 Å². The molecule has 7 heteroatoms. The molecule has 0 unspecified atom stereocenters. The number of hydrogen-bond donors (Lipinski definition) is 1. The highest BCUT2D eigenvalue weighted by Gasteiger charge is 2.23. The van der Waals surface area contributed by atoms with E-state index in [9.17, 15) is 14.9 Å². The van der Waals surface area contributed by atoms with Gasteiger partial charge in [-0.05, 0) is 0 Å². The van der Waals surface area contributed by atoms with E-state index in [0.717, 1.165) is 12.2 Å². The van der Waals surface area contributed by atoms with Crippen LogP contribution < -0.4 is 5.56 Å². The first-order valence-electron chi connectivity index (χ1n) is 8.02. The quantitative estimate of drug-likeness (QED) is 0.687. The smallest absolute Gasteiger partial charge is 0.273 e. The Hall–Kier alpha value is -2.54. The van der Waals surface area contributed by atoms with Crippen molar-refractivity contribution in [3.63, 3.8) is 0 Å². The molecule has 1 aromatic carbocycles. The van der Waals surface area contributed by atoms with Crippen molar-refractivity contribution < 1.29 is 4.92 Å². The first-order chi connectivity index (χ1) is 11.5. The van der Waals surface area contributed by atoms with Crippen LogP contribution in [-0.4, -0.2) is 26.3 Å². The van der Waals surface area contributed by atoms with Gasteiger partial charge in [-0.25, -0.2) is 4.98 Å². The highest BCUT2D eigenvalue weighted by Crippen LogP contribution is 2.23. The summed E-state index contributed by atoms with van der Waals surface area (Å²) in [5.74, 6) is 0.888. The molecule has 2 heterocycles. The maximum Gasteiger partial charge on any atom is 0.273 e. The summed E-state index contributed by atoms with van der Waals surface area (Å²) in [4.78, 5) is 32.6. The summed E-state index contributed by atoms with van der Waals surface area (Å²) < 4.78 is 0. The Balaban J connectivity index is 1.84. The minimum Gasteiger partial charge on any atom is -0.310 e. The molecule has 0 bridgehead atoms. The summed E-state index contributed by atoms with van der Waals surface area (Å²) in [6, 6.07) is 6.73. The third-order valence-electron chi connectivity index (χ3n) is 4.30. The monoisotopic (exact) mass is 328 g/mol. The topological polar surface area (TPSA) is 92.1 Å². The van der Waals surface area contributed by atoms with Gasteiger partial charge in [0.25, 0.3) is 11.2 Å². The van der Waals surface area contributed by atoms with E-state index >= 15 is 0 Å². The minimum atomic E-state index is -0.365. The summed E-state index contributed by atoms with van der Waals surface area (Å²) in [5, 5.41) is 11.1. The number of nitro groups is 1. The lowest BCUT2D eigenvalue weighted by Crippen LogP contribution is -2.36. The molecule has 0 atom stereocenters. The fourth-order valence-corrected chi connectivity index (χ4v) is 2.97. The van der Waals surface area contributed by atoms with Crippen LogP contribution in [0, 0.1) is 10.1 Å². The average Bonchev–Trinajstić information content (AvgIpc) is 2.55. The molecule has 0 saturated heterocycles. The second kappa shape index (κ2) is 6.52. The fourth-order valence-electron chi connectivity index (χ4n) is 2.97. The summed E-state index contributed by atoms with van der Waals surface area (Å²) in [6.07, 6.45) is 0.680. The average molecular weight is 328 g/mol. The van der Waals surface area contributed by atoms with Crippen LogP contribution >= 0.6 is 0 Å². The van der Waals surface area contributed by atoms with E-state index in [1.807, 2.05) is 13.8 Å². The molecule has 7 nitrogen and oxygen atoms in total. The van der Waals surface area contributed by atoms with E-state index < -0.39 is 0 Å². The number of H-pyrrole nitrogens is 1. The molecule has 0 saturated carbocycles. The molecule has 1 N–H and O–H groups in total. The highest BCUT2D eigenvalue weighted by molar-refractivity contribution is 5.39. The van der Waals surface area contributed by atoms with Gasteiger partial charge < -0.3 is 4.98 Å². The number of aromatic nitrogens is 2. The zero-order valence-electron chi connectivity index (χ0n) is 13.8. The maximum absolute atomic E-state index is 12.3. The Labute approximate surface area is 139 Å². The Bertz CT molecular complexity index is 829. The molecule has 0 spiro atoms. The number of nitrogens with zero attached hydrogens (tertiary/aromatic N) is 3. The Morgan fingerprint density at radius 2 is 2.12 bits per heavy atom. The van der Waals surface area contributed by atoms with Crippen molar-refractivity contribution in [1.82, 2.24) is 14.9 Å². The minimum absolute atomic E-state index is 0.101. The second-order valence-electron chi connectivity index (χ2n) is 6.38. The number of benzene rings is 1. The van der Waals surface area contributed by atoms with Crippen LogP contribution in [0.25, 0.3) is 0 Å². The zero-order chi connectivity index (χ0) is 17.3. The van der Waals surface area contributed by atoms with E-state index in [0.29, 0.717) is 36.5 Å². The van der Waals surface area contributed by atoms with Crippen molar-refractivity contribution in [2.45, 2.75) is 39.3 Å². The summed E-state index contributed by atoms with van der Waals surface area (Å²) in [5.41, 5.74) is 2.20. The van der Waals surface area contributed by atoms with Gasteiger partial charge in [-0.2, -0.15) is 0 Å². The summed E-state index contributed by atoms with van der Waals surface area (Å²) >= 11 is 0. The number of nitrogens with one attached hydrogen (secondary N) is 1. The zero-order valence-corrected chi connectivity index (χ0v) is 13.8. The van der Waals surface area contributed by atoms with Gasteiger partial charge in [-0.3, -0.25) is 19.8 Å². The van der Waals surface area contributed by atoms with Crippen molar-refractivity contribution >= 4 is 5.69 Å². The van der Waals surface area contributed by atoms with Crippen LogP contribution in [0.15, 0.2) is 29.1 Å². The van der Waals surface area contributed by atoms with Gasteiger partial charge in [0.15, 0.2) is 0 Å². The van der Waals surface area contributed by atoms with E-state index in [-0.39, 0.29) is 22.1 Å². The third kappa shape index (κ3) is 3.21. The second-order valence-corrected chi connectivity index (χ2v) is 6.38. The number of fused-ring (bicyclic) bond motifs is 1. The van der Waals surface area contributed by atoms with Gasteiger partial charge >= 0.3 is 0 Å². The van der Waals surface area contributed by atoms with Gasteiger partial charge in [0, 0.05) is 43.6 Å². The molecule has 0 amide bonds. The lowest BCUT2D eigenvalue weighted by molar-refractivity contribution is -0.385. The maximum atomic E-state index is 12.3. The number of nitro benzene ring substituents is 1. The Morgan fingerprint density at radius 1 is 1.38 bits per heavy atom. The first kappa shape index (κ1) is 16.3. The summed E-state index contributed by atoms with van der Waals surface area (Å²) in [7, 11) is 0. The molecular weight excluding hydrogens is 308 g/mol. The van der Waals surface area contributed by atoms with Gasteiger partial charge in [-0.15, -0.1) is 0 Å². The van der Waals surface area contributed by atoms with Gasteiger partial charge in [0.05, 0.1) is 16.2 Å². The molecule has 126 valence electrons. The number of aromatic amines is 1. The normalized spacial score (nSPS) is 14.6. The van der Waals surface area contributed by atoms with E-state index in [1.165, 1.54) is 6.07 Å². The van der Waals surface area contributed by atoms with Crippen molar-refractivity contribution in [3.05, 3.63) is 67.4 Å². The first-order valence-corrected chi connectivity index (χ1v) is 8.02. The number of rotatable bonds is 4. The predicted octanol–water partition coefficient (Wildman–Crippen LogP) is 2.36. The molecule has 24 heavy (non-hydrogen) atoms. The van der Waals surface area contributed by atoms with Gasteiger partial charge in [0.1, 0.15) is 5.82 Å². The molecule has 0 radical (unpaired) electrons. The van der Waals surface area contributed by atoms with Crippen LogP contribution in [0.4, 0.5) is 5.69 Å². The standard InChI is InChI=1S/C17H20N4O3/c1-11(2)16-18-14-7-8-20(10-13(14)17(22)19-16)9-12-5-3-4-6-15(12)21(23)24/h3-6,11H,7-10H2,1-2H3,(H,18,19,22). The lowest BCUT2D eigenvalue weighted by atomic mass is 10.0. The van der Waals surface area contributed by atoms with Gasteiger partial charge in [-0.1, -0.05) is 32.0 Å². The van der Waals surface area contributed by atoms with Crippen molar-refractivity contribution in [1.29, 1.82) is 0 Å². The largest absolute Gasteiger partial charge is 0.310 e. The van der Waals surface area contributed by atoms with Gasteiger partial charge in [0.2, 0.25) is 0 Å². The number of hydrogen-bond acceptors (Lipinski definition) is 5. The van der Waals surface area contributed by atoms with E-state index in [4.69, 9.17) is 0 Å². The number of para-hydroxylation sites is 1. The lowest BCUT2D eigenvalue weighted by Gasteiger charge is -2.27. The predicted molar refractivity (Wildman–Crippen MR) is 89.9 cm³/mol. The molecular formula is C17H20N4O3. The molecule has 3 rings (SSSR count).